The molecule has 5 heteroatoms. The van der Waals surface area contributed by atoms with Gasteiger partial charge in [0.05, 0.1) is 0 Å². The molecule has 0 aromatic heterocycles. The van der Waals surface area contributed by atoms with Gasteiger partial charge in [0.15, 0.2) is 8.32 Å². The molecule has 0 N–H and O–H groups in total. The summed E-state index contributed by atoms with van der Waals surface area (Å²) < 4.78 is 21.9. The minimum absolute atomic E-state index is 0.162. The predicted molar refractivity (Wildman–Crippen MR) is 118 cm³/mol. The number of alkyl halides is 2. The lowest BCUT2D eigenvalue weighted by Crippen LogP contribution is -2.42. The second kappa shape index (κ2) is 9.47. The van der Waals surface area contributed by atoms with Gasteiger partial charge >= 0.3 is 0 Å². The van der Waals surface area contributed by atoms with Crippen LogP contribution < -0.4 is 0 Å². The quantitative estimate of drug-likeness (QED) is 0.192. The minimum atomic E-state index is -1.73. The van der Waals surface area contributed by atoms with Crippen LogP contribution in [0.4, 0.5) is 4.39 Å². The van der Waals surface area contributed by atoms with E-state index in [1.165, 1.54) is 5.56 Å². The van der Waals surface area contributed by atoms with Crippen molar-refractivity contribution in [3.05, 3.63) is 35.6 Å². The van der Waals surface area contributed by atoms with Crippen LogP contribution in [0.1, 0.15) is 38.7 Å². The Labute approximate surface area is 169 Å². The molecule has 0 bridgehead atoms. The Balaban J connectivity index is 2.88. The highest BCUT2D eigenvalue weighted by molar-refractivity contribution is 14.1. The van der Waals surface area contributed by atoms with Gasteiger partial charge in [-0.05, 0) is 54.1 Å². The van der Waals surface area contributed by atoms with Crippen LogP contribution >= 0.6 is 45.2 Å². The molecule has 0 heterocycles. The molecule has 0 saturated carbocycles. The van der Waals surface area contributed by atoms with E-state index in [1.807, 2.05) is 12.1 Å². The fourth-order valence-corrected chi connectivity index (χ4v) is 4.91. The van der Waals surface area contributed by atoms with Crippen LogP contribution in [0.2, 0.25) is 18.1 Å². The van der Waals surface area contributed by atoms with Crippen molar-refractivity contribution in [2.45, 2.75) is 51.2 Å². The Bertz CT molecular complexity index is 471. The lowest BCUT2D eigenvalue weighted by atomic mass is 9.86. The van der Waals surface area contributed by atoms with Crippen LogP contribution in [-0.4, -0.2) is 23.8 Å². The Hall–Kier alpha value is 0.787. The van der Waals surface area contributed by atoms with Crippen molar-refractivity contribution in [2.24, 2.45) is 5.92 Å². The first-order valence-corrected chi connectivity index (χ1v) is 14.1. The van der Waals surface area contributed by atoms with Crippen LogP contribution in [0.15, 0.2) is 24.3 Å². The molecule has 1 aromatic carbocycles. The largest absolute Gasteiger partial charge is 0.416 e. The molecule has 1 nitrogen and oxygen atoms in total. The molecule has 0 aliphatic heterocycles. The summed E-state index contributed by atoms with van der Waals surface area (Å²) in [5.74, 6) is 0.754. The molecule has 0 fully saturated rings. The molecule has 23 heavy (non-hydrogen) atoms. The molecule has 0 saturated heterocycles. The van der Waals surface area contributed by atoms with Gasteiger partial charge in [-0.15, -0.1) is 0 Å². The Kier molecular flexibility index (Phi) is 8.99. The van der Waals surface area contributed by atoms with Crippen molar-refractivity contribution in [3.8, 4) is 0 Å². The van der Waals surface area contributed by atoms with E-state index in [0.29, 0.717) is 11.8 Å². The van der Waals surface area contributed by atoms with Gasteiger partial charge in [0, 0.05) is 15.5 Å². The number of rotatable bonds is 8. The Morgan fingerprint density at radius 3 is 2.13 bits per heavy atom. The molecule has 1 aromatic rings. The third-order valence-corrected chi connectivity index (χ3v) is 11.2. The molecule has 0 radical (unpaired) electrons. The van der Waals surface area contributed by atoms with E-state index < -0.39 is 8.32 Å². The number of hydrogen-bond acceptors (Lipinski definition) is 1. The van der Waals surface area contributed by atoms with Gasteiger partial charge in [-0.2, -0.15) is 0 Å². The smallest absolute Gasteiger partial charge is 0.191 e. The minimum Gasteiger partial charge on any atom is -0.416 e. The molecule has 0 aliphatic carbocycles. The van der Waals surface area contributed by atoms with Gasteiger partial charge < -0.3 is 4.43 Å². The second-order valence-corrected chi connectivity index (χ2v) is 14.4. The fourth-order valence-electron chi connectivity index (χ4n) is 2.30. The standard InChI is InChI=1S/C18H29FI2OSi/c1-18(2,3)23(4,5)22-13-15(12-21)17(10-11-20)14-6-8-16(19)9-7-14/h6-9,15,17H,10-13H2,1-5H3/t15-,17-/m0/s1. The molecule has 0 amide bonds. The molecule has 0 unspecified atom stereocenters. The van der Waals surface area contributed by atoms with Crippen molar-refractivity contribution in [3.63, 3.8) is 0 Å². The summed E-state index contributed by atoms with van der Waals surface area (Å²) in [5.41, 5.74) is 1.24. The van der Waals surface area contributed by atoms with E-state index >= 15 is 0 Å². The molecular formula is C18H29FI2OSi. The van der Waals surface area contributed by atoms with Crippen molar-refractivity contribution >= 4 is 53.5 Å². The topological polar surface area (TPSA) is 9.23 Å². The van der Waals surface area contributed by atoms with E-state index in [9.17, 15) is 4.39 Å². The summed E-state index contributed by atoms with van der Waals surface area (Å²) in [6.07, 6.45) is 1.11. The van der Waals surface area contributed by atoms with Crippen LogP contribution in [-0.2, 0) is 4.43 Å². The maximum Gasteiger partial charge on any atom is 0.191 e. The highest BCUT2D eigenvalue weighted by atomic mass is 127. The average molecular weight is 562 g/mol. The Morgan fingerprint density at radius 1 is 1.13 bits per heavy atom. The number of hydrogen-bond donors (Lipinski definition) is 0. The van der Waals surface area contributed by atoms with Gasteiger partial charge in [-0.3, -0.25) is 0 Å². The molecule has 1 rings (SSSR count). The van der Waals surface area contributed by atoms with E-state index in [4.69, 9.17) is 4.43 Å². The number of halogens is 3. The lowest BCUT2D eigenvalue weighted by molar-refractivity contribution is 0.220. The monoisotopic (exact) mass is 562 g/mol. The highest BCUT2D eigenvalue weighted by Gasteiger charge is 2.38. The highest BCUT2D eigenvalue weighted by Crippen LogP contribution is 2.38. The summed E-state index contributed by atoms with van der Waals surface area (Å²) >= 11 is 4.90. The molecule has 2 atom stereocenters. The maximum atomic E-state index is 13.2. The van der Waals surface area contributed by atoms with Crippen molar-refractivity contribution < 1.29 is 8.82 Å². The summed E-state index contributed by atoms with van der Waals surface area (Å²) in [6.45, 7) is 12.3. The van der Waals surface area contributed by atoms with Gasteiger partial charge in [-0.1, -0.05) is 78.1 Å². The SMILES string of the molecule is CC(C)(C)[Si](C)(C)OC[C@H](CI)[C@@H](CCI)c1ccc(F)cc1. The maximum absolute atomic E-state index is 13.2. The summed E-state index contributed by atoms with van der Waals surface area (Å²) in [7, 11) is -1.73. The summed E-state index contributed by atoms with van der Waals surface area (Å²) in [6, 6.07) is 7.04. The van der Waals surface area contributed by atoms with Gasteiger partial charge in [0.25, 0.3) is 0 Å². The zero-order valence-electron chi connectivity index (χ0n) is 14.8. The summed E-state index contributed by atoms with van der Waals surface area (Å²) in [4.78, 5) is 0. The third-order valence-electron chi connectivity index (χ3n) is 4.95. The van der Waals surface area contributed by atoms with Gasteiger partial charge in [0.2, 0.25) is 0 Å². The fraction of sp³-hybridized carbons (Fsp3) is 0.667. The predicted octanol–water partition coefficient (Wildman–Crippen LogP) is 6.81. The average Bonchev–Trinajstić information content (AvgIpc) is 2.46. The van der Waals surface area contributed by atoms with Crippen LogP contribution in [0.25, 0.3) is 0 Å². The third kappa shape index (κ3) is 6.54. The van der Waals surface area contributed by atoms with E-state index in [0.717, 1.165) is 21.9 Å². The van der Waals surface area contributed by atoms with E-state index in [2.05, 4.69) is 79.0 Å². The van der Waals surface area contributed by atoms with Gasteiger partial charge in [-0.25, -0.2) is 4.39 Å². The number of benzene rings is 1. The first kappa shape index (κ1) is 21.8. The van der Waals surface area contributed by atoms with E-state index in [1.54, 1.807) is 12.1 Å². The first-order valence-electron chi connectivity index (χ1n) is 8.13. The van der Waals surface area contributed by atoms with Crippen molar-refractivity contribution in [1.29, 1.82) is 0 Å². The Morgan fingerprint density at radius 2 is 1.70 bits per heavy atom. The lowest BCUT2D eigenvalue weighted by Gasteiger charge is -2.38. The molecule has 132 valence electrons. The second-order valence-electron chi connectivity index (χ2n) is 7.62. The molecule has 0 spiro atoms. The van der Waals surface area contributed by atoms with Crippen LogP contribution in [0.3, 0.4) is 0 Å². The summed E-state index contributed by atoms with van der Waals surface area (Å²) in [5, 5.41) is 0.234. The van der Waals surface area contributed by atoms with Gasteiger partial charge in [0.1, 0.15) is 5.82 Å². The van der Waals surface area contributed by atoms with E-state index in [-0.39, 0.29) is 10.9 Å². The zero-order valence-corrected chi connectivity index (χ0v) is 20.1. The normalized spacial score (nSPS) is 15.5. The zero-order chi connectivity index (χ0) is 17.7. The van der Waals surface area contributed by atoms with Crippen molar-refractivity contribution in [2.75, 3.05) is 15.5 Å². The molecule has 0 aliphatic rings. The van der Waals surface area contributed by atoms with Crippen molar-refractivity contribution in [1.82, 2.24) is 0 Å². The first-order chi connectivity index (χ1) is 10.6. The van der Waals surface area contributed by atoms with Crippen LogP contribution in [0, 0.1) is 11.7 Å². The van der Waals surface area contributed by atoms with Crippen LogP contribution in [0.5, 0.6) is 0 Å². The molecular weight excluding hydrogens is 533 g/mol.